The van der Waals surface area contributed by atoms with Crippen LogP contribution in [0.3, 0.4) is 0 Å². The molecule has 1 aliphatic heterocycles. The maximum Gasteiger partial charge on any atom is 0.343 e. The van der Waals surface area contributed by atoms with Crippen LogP contribution in [-0.4, -0.2) is 43.4 Å². The minimum Gasteiger partial charge on any atom is -0.490 e. The average molecular weight is 815 g/mol. The second-order valence-electron chi connectivity index (χ2n) is 10.9. The van der Waals surface area contributed by atoms with Crippen LogP contribution in [0.5, 0.6) is 17.2 Å². The summed E-state index contributed by atoms with van der Waals surface area (Å²) < 4.78 is 31.0. The number of thiazole rings is 1. The van der Waals surface area contributed by atoms with Crippen molar-refractivity contribution in [2.24, 2.45) is 4.99 Å². The van der Waals surface area contributed by atoms with E-state index in [4.69, 9.17) is 18.9 Å². The Kier molecular flexibility index (Phi) is 11.8. The molecule has 0 fully saturated rings. The van der Waals surface area contributed by atoms with Crippen LogP contribution in [0.25, 0.3) is 6.08 Å². The molecule has 0 saturated heterocycles. The molecule has 1 atom stereocenters. The van der Waals surface area contributed by atoms with Crippen LogP contribution >= 0.6 is 43.2 Å². The van der Waals surface area contributed by atoms with Gasteiger partial charge < -0.3 is 23.7 Å². The highest BCUT2D eigenvalue weighted by atomic mass is 79.9. The van der Waals surface area contributed by atoms with Gasteiger partial charge in [-0.2, -0.15) is 0 Å². The van der Waals surface area contributed by atoms with Crippen LogP contribution in [0.4, 0.5) is 0 Å². The van der Waals surface area contributed by atoms with Crippen LogP contribution < -0.4 is 29.1 Å². The van der Waals surface area contributed by atoms with E-state index in [0.29, 0.717) is 60.0 Å². The standard InChI is InChI=1S/C36H34Br2N2O8S/c1-6-45-28-17-24(12-13-27(28)47-19-30(41)44-5)32-31(35(43)46-7-2)21(4)39-36-40(32)34(42)29(49-36)16-23-14-25(37)33(26(38)15-23)48-18-22-10-8-20(3)9-11-22/h8-17,32H,6-7,18-19H2,1-5H3/b29-16-/t32-/m0/s1. The molecule has 1 aliphatic rings. The van der Waals surface area contributed by atoms with E-state index < -0.39 is 18.0 Å². The third-order valence-electron chi connectivity index (χ3n) is 7.50. The molecule has 0 N–H and O–H groups in total. The lowest BCUT2D eigenvalue weighted by molar-refractivity contribution is -0.143. The molecule has 5 rings (SSSR count). The lowest BCUT2D eigenvalue weighted by Gasteiger charge is -2.25. The van der Waals surface area contributed by atoms with Gasteiger partial charge in [-0.15, -0.1) is 0 Å². The number of nitrogens with zero attached hydrogens (tertiary/aromatic N) is 2. The molecule has 0 aliphatic carbocycles. The number of aromatic nitrogens is 1. The number of aryl methyl sites for hydroxylation is 1. The van der Waals surface area contributed by atoms with E-state index in [1.807, 2.05) is 50.2 Å². The zero-order valence-electron chi connectivity index (χ0n) is 27.5. The highest BCUT2D eigenvalue weighted by Crippen LogP contribution is 2.37. The lowest BCUT2D eigenvalue weighted by Crippen LogP contribution is -2.40. The van der Waals surface area contributed by atoms with Gasteiger partial charge in [0.1, 0.15) is 12.4 Å². The van der Waals surface area contributed by atoms with E-state index >= 15 is 0 Å². The summed E-state index contributed by atoms with van der Waals surface area (Å²) in [6, 6.07) is 16.1. The topological polar surface area (TPSA) is 115 Å². The van der Waals surface area contributed by atoms with Gasteiger partial charge in [0.15, 0.2) is 22.9 Å². The number of fused-ring (bicyclic) bond motifs is 1. The summed E-state index contributed by atoms with van der Waals surface area (Å²) in [5.74, 6) is 0.150. The number of allylic oxidation sites excluding steroid dienone is 1. The fraction of sp³-hybridized carbons (Fsp3) is 0.278. The quantitative estimate of drug-likeness (QED) is 0.156. The predicted molar refractivity (Wildman–Crippen MR) is 193 cm³/mol. The van der Waals surface area contributed by atoms with Gasteiger partial charge in [-0.3, -0.25) is 9.36 Å². The van der Waals surface area contributed by atoms with Gasteiger partial charge in [-0.05, 0) is 107 Å². The molecule has 0 bridgehead atoms. The van der Waals surface area contributed by atoms with Gasteiger partial charge in [0.2, 0.25) is 0 Å². The Balaban J connectivity index is 1.56. The third-order valence-corrected chi connectivity index (χ3v) is 9.66. The summed E-state index contributed by atoms with van der Waals surface area (Å²) in [6.07, 6.45) is 1.78. The Morgan fingerprint density at radius 3 is 2.31 bits per heavy atom. The Labute approximate surface area is 303 Å². The van der Waals surface area contributed by atoms with Gasteiger partial charge >= 0.3 is 11.9 Å². The number of rotatable bonds is 12. The summed E-state index contributed by atoms with van der Waals surface area (Å²) in [7, 11) is 1.27. The van der Waals surface area contributed by atoms with Crippen molar-refractivity contribution in [3.05, 3.63) is 117 Å². The summed E-state index contributed by atoms with van der Waals surface area (Å²) >= 11 is 8.47. The first-order valence-electron chi connectivity index (χ1n) is 15.4. The molecular formula is C36H34Br2N2O8S. The van der Waals surface area contributed by atoms with Crippen LogP contribution in [0, 0.1) is 6.92 Å². The minimum atomic E-state index is -0.873. The number of carbonyl (C=O) groups is 2. The predicted octanol–water partition coefficient (Wildman–Crippen LogP) is 6.16. The number of ether oxygens (including phenoxy) is 5. The highest BCUT2D eigenvalue weighted by Gasteiger charge is 2.34. The number of carbonyl (C=O) groups excluding carboxylic acids is 2. The highest BCUT2D eigenvalue weighted by molar-refractivity contribution is 9.11. The SMILES string of the molecule is CCOC(=O)C1=C(C)N=c2s/c(=C\c3cc(Br)c(OCc4ccc(C)cc4)c(Br)c3)c(=O)n2[C@H]1c1ccc(OCC(=O)OC)c(OCC)c1. The number of hydrogen-bond donors (Lipinski definition) is 0. The average Bonchev–Trinajstić information content (AvgIpc) is 3.37. The molecule has 0 saturated carbocycles. The molecule has 3 aromatic carbocycles. The van der Waals surface area contributed by atoms with Crippen molar-refractivity contribution in [1.29, 1.82) is 0 Å². The van der Waals surface area contributed by atoms with Crippen LogP contribution in [-0.2, 0) is 25.7 Å². The zero-order valence-corrected chi connectivity index (χ0v) is 31.5. The van der Waals surface area contributed by atoms with Gasteiger partial charge in [0, 0.05) is 0 Å². The van der Waals surface area contributed by atoms with Crippen LogP contribution in [0.2, 0.25) is 0 Å². The molecule has 256 valence electrons. The summed E-state index contributed by atoms with van der Waals surface area (Å²) in [5.41, 5.74) is 3.86. The van der Waals surface area contributed by atoms with E-state index in [9.17, 15) is 14.4 Å². The number of hydrogen-bond acceptors (Lipinski definition) is 10. The smallest absolute Gasteiger partial charge is 0.343 e. The molecule has 1 aromatic heterocycles. The molecule has 0 amide bonds. The number of halogens is 2. The fourth-order valence-electron chi connectivity index (χ4n) is 5.18. The van der Waals surface area contributed by atoms with E-state index in [2.05, 4.69) is 41.6 Å². The van der Waals surface area contributed by atoms with Gasteiger partial charge in [-0.25, -0.2) is 14.6 Å². The second kappa shape index (κ2) is 16.0. The number of esters is 2. The summed E-state index contributed by atoms with van der Waals surface area (Å²) in [4.78, 5) is 44.4. The first-order valence-corrected chi connectivity index (χ1v) is 17.8. The van der Waals surface area contributed by atoms with Crippen molar-refractivity contribution in [2.45, 2.75) is 40.3 Å². The van der Waals surface area contributed by atoms with E-state index in [1.165, 1.54) is 28.6 Å². The van der Waals surface area contributed by atoms with Gasteiger partial charge in [-0.1, -0.05) is 47.2 Å². The maximum atomic E-state index is 14.2. The Bertz CT molecular complexity index is 2080. The Hall–Kier alpha value is -4.20. The van der Waals surface area contributed by atoms with Gasteiger partial charge in [0.25, 0.3) is 5.56 Å². The second-order valence-corrected chi connectivity index (χ2v) is 13.6. The normalized spacial score (nSPS) is 14.2. The number of benzene rings is 3. The molecule has 4 aromatic rings. The van der Waals surface area contributed by atoms with E-state index in [-0.39, 0.29) is 24.3 Å². The van der Waals surface area contributed by atoms with Crippen molar-refractivity contribution < 1.29 is 33.3 Å². The zero-order chi connectivity index (χ0) is 35.2. The molecular weight excluding hydrogens is 780 g/mol. The van der Waals surface area contributed by atoms with Crippen molar-refractivity contribution in [3.63, 3.8) is 0 Å². The fourth-order valence-corrected chi connectivity index (χ4v) is 7.67. The van der Waals surface area contributed by atoms with Crippen LogP contribution in [0.15, 0.2) is 84.6 Å². The third kappa shape index (κ3) is 8.17. The molecule has 10 nitrogen and oxygen atoms in total. The Morgan fingerprint density at radius 2 is 1.65 bits per heavy atom. The first kappa shape index (κ1) is 36.1. The molecule has 0 spiro atoms. The van der Waals surface area contributed by atoms with Gasteiger partial charge in [0.05, 0.1) is 51.1 Å². The largest absolute Gasteiger partial charge is 0.490 e. The molecule has 2 heterocycles. The minimum absolute atomic E-state index is 0.145. The Morgan fingerprint density at radius 1 is 0.939 bits per heavy atom. The first-order chi connectivity index (χ1) is 23.5. The molecule has 0 unspecified atom stereocenters. The van der Waals surface area contributed by atoms with Crippen molar-refractivity contribution >= 4 is 61.2 Å². The monoisotopic (exact) mass is 812 g/mol. The molecule has 13 heteroatoms. The summed E-state index contributed by atoms with van der Waals surface area (Å²) in [5, 5.41) is 0. The number of methoxy groups -OCH3 is 1. The summed E-state index contributed by atoms with van der Waals surface area (Å²) in [6.45, 7) is 7.81. The molecule has 0 radical (unpaired) electrons. The van der Waals surface area contributed by atoms with E-state index in [1.54, 1.807) is 38.1 Å². The van der Waals surface area contributed by atoms with Crippen molar-refractivity contribution in [1.82, 2.24) is 4.57 Å². The maximum absolute atomic E-state index is 14.2. The van der Waals surface area contributed by atoms with Crippen molar-refractivity contribution in [2.75, 3.05) is 26.9 Å². The van der Waals surface area contributed by atoms with E-state index in [0.717, 1.165) is 11.1 Å². The molecule has 49 heavy (non-hydrogen) atoms. The van der Waals surface area contributed by atoms with Crippen molar-refractivity contribution in [3.8, 4) is 17.2 Å². The van der Waals surface area contributed by atoms with Crippen LogP contribution in [0.1, 0.15) is 49.1 Å². The lowest BCUT2D eigenvalue weighted by atomic mass is 9.95.